The number of likely N-dealkylation sites (N-methyl/N-ethyl adjacent to an activating group) is 1. The van der Waals surface area contributed by atoms with Crippen LogP contribution in [0.5, 0.6) is 0 Å². The van der Waals surface area contributed by atoms with Crippen molar-refractivity contribution in [2.75, 3.05) is 40.3 Å². The molecule has 2 aliphatic heterocycles. The predicted molar refractivity (Wildman–Crippen MR) is 68.7 cm³/mol. The van der Waals surface area contributed by atoms with Gasteiger partial charge in [0, 0.05) is 25.7 Å². The lowest BCUT2D eigenvalue weighted by Gasteiger charge is -2.24. The van der Waals surface area contributed by atoms with Crippen LogP contribution in [0.15, 0.2) is 0 Å². The van der Waals surface area contributed by atoms with E-state index in [1.54, 1.807) is 0 Å². The number of hydrogen-bond donors (Lipinski definition) is 1. The van der Waals surface area contributed by atoms with E-state index in [1.165, 1.54) is 0 Å². The van der Waals surface area contributed by atoms with Crippen LogP contribution in [0.3, 0.4) is 0 Å². The molecule has 0 spiro atoms. The zero-order valence-electron chi connectivity index (χ0n) is 11.4. The minimum absolute atomic E-state index is 0.197. The second kappa shape index (κ2) is 4.94. The maximum atomic E-state index is 12.4. The Hall–Kier alpha value is -0.610. The van der Waals surface area contributed by atoms with Gasteiger partial charge in [-0.25, -0.2) is 0 Å². The molecule has 0 aromatic heterocycles. The molecule has 0 saturated carbocycles. The molecule has 1 N–H and O–H groups in total. The summed E-state index contributed by atoms with van der Waals surface area (Å²) >= 11 is 0. The SMILES string of the molecule is CC1CN(C(=O)[C@@H]2CNC[C@H]2C)CC1N(C)C. The maximum absolute atomic E-state index is 12.4. The lowest BCUT2D eigenvalue weighted by Crippen LogP contribution is -2.39. The van der Waals surface area contributed by atoms with Crippen LogP contribution in [-0.2, 0) is 4.79 Å². The zero-order chi connectivity index (χ0) is 12.6. The van der Waals surface area contributed by atoms with Crippen molar-refractivity contribution in [3.8, 4) is 0 Å². The fourth-order valence-electron chi connectivity index (χ4n) is 3.18. The molecule has 17 heavy (non-hydrogen) atoms. The molecule has 2 saturated heterocycles. The van der Waals surface area contributed by atoms with Crippen LogP contribution < -0.4 is 5.32 Å². The van der Waals surface area contributed by atoms with E-state index in [0.29, 0.717) is 23.8 Å². The summed E-state index contributed by atoms with van der Waals surface area (Å²) in [7, 11) is 4.21. The van der Waals surface area contributed by atoms with Gasteiger partial charge < -0.3 is 15.1 Å². The number of carbonyl (C=O) groups is 1. The smallest absolute Gasteiger partial charge is 0.227 e. The van der Waals surface area contributed by atoms with Gasteiger partial charge in [0.25, 0.3) is 0 Å². The lowest BCUT2D eigenvalue weighted by molar-refractivity contribution is -0.135. The Labute approximate surface area is 104 Å². The second-order valence-corrected chi connectivity index (χ2v) is 5.99. The fraction of sp³-hybridized carbons (Fsp3) is 0.923. The summed E-state index contributed by atoms with van der Waals surface area (Å²) in [5.74, 6) is 1.62. The number of amides is 1. The van der Waals surface area contributed by atoms with Crippen molar-refractivity contribution in [2.45, 2.75) is 19.9 Å². The van der Waals surface area contributed by atoms with E-state index >= 15 is 0 Å². The minimum Gasteiger partial charge on any atom is -0.340 e. The van der Waals surface area contributed by atoms with Crippen LogP contribution in [-0.4, -0.2) is 62.0 Å². The Kier molecular flexibility index (Phi) is 3.73. The van der Waals surface area contributed by atoms with Crippen molar-refractivity contribution >= 4 is 5.91 Å². The molecule has 0 bridgehead atoms. The Balaban J connectivity index is 1.98. The molecule has 2 fully saturated rings. The van der Waals surface area contributed by atoms with Gasteiger partial charge in [-0.3, -0.25) is 4.79 Å². The predicted octanol–water partition coefficient (Wildman–Crippen LogP) is 0.250. The van der Waals surface area contributed by atoms with Crippen LogP contribution in [0.2, 0.25) is 0 Å². The van der Waals surface area contributed by atoms with Crippen LogP contribution in [0.4, 0.5) is 0 Å². The highest BCUT2D eigenvalue weighted by Gasteiger charge is 2.39. The molecule has 0 aromatic carbocycles. The van der Waals surface area contributed by atoms with Crippen molar-refractivity contribution in [3.05, 3.63) is 0 Å². The Morgan fingerprint density at radius 3 is 2.35 bits per heavy atom. The van der Waals surface area contributed by atoms with Crippen molar-refractivity contribution in [3.63, 3.8) is 0 Å². The van der Waals surface area contributed by atoms with E-state index in [9.17, 15) is 4.79 Å². The standard InChI is InChI=1S/C13H25N3O/c1-9-5-14-6-11(9)13(17)16-7-10(2)12(8-16)15(3)4/h9-12,14H,5-8H2,1-4H3/t9-,10?,11-,12?/m1/s1. The molecular formula is C13H25N3O. The first-order chi connectivity index (χ1) is 8.00. The molecule has 0 aromatic rings. The highest BCUT2D eigenvalue weighted by Crippen LogP contribution is 2.25. The van der Waals surface area contributed by atoms with Crippen LogP contribution in [0.1, 0.15) is 13.8 Å². The molecule has 2 rings (SSSR count). The summed E-state index contributed by atoms with van der Waals surface area (Å²) in [6, 6.07) is 0.517. The number of hydrogen-bond acceptors (Lipinski definition) is 3. The van der Waals surface area contributed by atoms with Gasteiger partial charge in [-0.15, -0.1) is 0 Å². The van der Waals surface area contributed by atoms with Gasteiger partial charge in [0.15, 0.2) is 0 Å². The fourth-order valence-corrected chi connectivity index (χ4v) is 3.18. The topological polar surface area (TPSA) is 35.6 Å². The summed E-state index contributed by atoms with van der Waals surface area (Å²) in [6.07, 6.45) is 0. The van der Waals surface area contributed by atoms with Gasteiger partial charge in [0.1, 0.15) is 0 Å². The van der Waals surface area contributed by atoms with Gasteiger partial charge in [-0.05, 0) is 32.5 Å². The quantitative estimate of drug-likeness (QED) is 0.750. The number of likely N-dealkylation sites (tertiary alicyclic amines) is 1. The largest absolute Gasteiger partial charge is 0.340 e. The van der Waals surface area contributed by atoms with E-state index in [0.717, 1.165) is 26.2 Å². The molecule has 4 atom stereocenters. The van der Waals surface area contributed by atoms with Crippen LogP contribution in [0.25, 0.3) is 0 Å². The van der Waals surface area contributed by atoms with Gasteiger partial charge in [0.05, 0.1) is 5.92 Å². The minimum atomic E-state index is 0.197. The third-order valence-corrected chi connectivity index (χ3v) is 4.38. The number of rotatable bonds is 2. The zero-order valence-corrected chi connectivity index (χ0v) is 11.4. The van der Waals surface area contributed by atoms with Crippen LogP contribution >= 0.6 is 0 Å². The first-order valence-corrected chi connectivity index (χ1v) is 6.66. The summed E-state index contributed by atoms with van der Waals surface area (Å²) in [5, 5.41) is 3.31. The van der Waals surface area contributed by atoms with Crippen LogP contribution in [0, 0.1) is 17.8 Å². The molecule has 2 heterocycles. The first-order valence-electron chi connectivity index (χ1n) is 6.66. The summed E-state index contributed by atoms with van der Waals surface area (Å²) in [5.41, 5.74) is 0. The van der Waals surface area contributed by atoms with Gasteiger partial charge in [-0.1, -0.05) is 13.8 Å². The lowest BCUT2D eigenvalue weighted by atomic mass is 9.97. The van der Waals surface area contributed by atoms with E-state index in [2.05, 4.69) is 43.1 Å². The first kappa shape index (κ1) is 12.8. The monoisotopic (exact) mass is 239 g/mol. The number of nitrogens with zero attached hydrogens (tertiary/aromatic N) is 2. The van der Waals surface area contributed by atoms with Crippen molar-refractivity contribution in [2.24, 2.45) is 17.8 Å². The Bertz CT molecular complexity index is 292. The highest BCUT2D eigenvalue weighted by molar-refractivity contribution is 5.80. The third kappa shape index (κ3) is 2.47. The molecule has 2 unspecified atom stereocenters. The maximum Gasteiger partial charge on any atom is 0.227 e. The van der Waals surface area contributed by atoms with Gasteiger partial charge >= 0.3 is 0 Å². The summed E-state index contributed by atoms with van der Waals surface area (Å²) < 4.78 is 0. The number of carbonyl (C=O) groups excluding carboxylic acids is 1. The molecule has 0 radical (unpaired) electrons. The molecule has 2 aliphatic rings. The molecule has 0 aliphatic carbocycles. The molecule has 4 heteroatoms. The average molecular weight is 239 g/mol. The van der Waals surface area contributed by atoms with E-state index in [1.807, 2.05) is 0 Å². The molecule has 1 amide bonds. The Morgan fingerprint density at radius 2 is 1.88 bits per heavy atom. The third-order valence-electron chi connectivity index (χ3n) is 4.38. The van der Waals surface area contributed by atoms with E-state index in [4.69, 9.17) is 0 Å². The molecular weight excluding hydrogens is 214 g/mol. The highest BCUT2D eigenvalue weighted by atomic mass is 16.2. The van der Waals surface area contributed by atoms with E-state index < -0.39 is 0 Å². The van der Waals surface area contributed by atoms with Gasteiger partial charge in [0.2, 0.25) is 5.91 Å². The second-order valence-electron chi connectivity index (χ2n) is 5.99. The normalized spacial score (nSPS) is 38.1. The van der Waals surface area contributed by atoms with Crippen molar-refractivity contribution in [1.29, 1.82) is 0 Å². The molecule has 98 valence electrons. The van der Waals surface area contributed by atoms with Crippen molar-refractivity contribution < 1.29 is 4.79 Å². The summed E-state index contributed by atoms with van der Waals surface area (Å²) in [4.78, 5) is 16.8. The van der Waals surface area contributed by atoms with Crippen molar-refractivity contribution in [1.82, 2.24) is 15.1 Å². The van der Waals surface area contributed by atoms with E-state index in [-0.39, 0.29) is 5.92 Å². The summed E-state index contributed by atoms with van der Waals surface area (Å²) in [6.45, 7) is 8.08. The molecule has 4 nitrogen and oxygen atoms in total. The van der Waals surface area contributed by atoms with Gasteiger partial charge in [-0.2, -0.15) is 0 Å². The average Bonchev–Trinajstić information content (AvgIpc) is 2.83. The number of nitrogens with one attached hydrogen (secondary N) is 1. The Morgan fingerprint density at radius 1 is 1.18 bits per heavy atom.